The van der Waals surface area contributed by atoms with Crippen molar-refractivity contribution in [3.8, 4) is 5.75 Å². The van der Waals surface area contributed by atoms with Crippen LogP contribution in [0.1, 0.15) is 47.4 Å². The summed E-state index contributed by atoms with van der Waals surface area (Å²) >= 11 is 0. The lowest BCUT2D eigenvalue weighted by Gasteiger charge is -2.11. The fourth-order valence-electron chi connectivity index (χ4n) is 4.14. The topological polar surface area (TPSA) is 56.1 Å². The van der Waals surface area contributed by atoms with Gasteiger partial charge in [-0.05, 0) is 62.6 Å². The second kappa shape index (κ2) is 12.2. The molecule has 0 spiro atoms. The molecule has 35 heavy (non-hydrogen) atoms. The average Bonchev–Trinajstić information content (AvgIpc) is 3.22. The van der Waals surface area contributed by atoms with Gasteiger partial charge in [0.05, 0.1) is 23.2 Å². The third-order valence-electron chi connectivity index (χ3n) is 6.03. The molecule has 3 aromatic carbocycles. The number of benzene rings is 3. The van der Waals surface area contributed by atoms with E-state index < -0.39 is 5.82 Å². The highest BCUT2D eigenvalue weighted by molar-refractivity contribution is 5.94. The van der Waals surface area contributed by atoms with Crippen LogP contribution in [0.25, 0.3) is 11.0 Å². The summed E-state index contributed by atoms with van der Waals surface area (Å²) < 4.78 is 21.9. The molecule has 182 valence electrons. The molecule has 0 radical (unpaired) electrons. The Balaban J connectivity index is 1.24. The number of fused-ring (bicyclic) bond motifs is 1. The molecule has 1 heterocycles. The predicted octanol–water partition coefficient (Wildman–Crippen LogP) is 6.10. The molecule has 1 N–H and O–H groups in total. The van der Waals surface area contributed by atoms with Crippen LogP contribution in [0.3, 0.4) is 0 Å². The van der Waals surface area contributed by atoms with Gasteiger partial charge in [-0.25, -0.2) is 9.37 Å². The minimum atomic E-state index is -0.492. The summed E-state index contributed by atoms with van der Waals surface area (Å²) in [5.74, 6) is 1.12. The van der Waals surface area contributed by atoms with Gasteiger partial charge in [-0.15, -0.1) is 0 Å². The number of unbranched alkanes of at least 4 members (excludes halogenated alkanes) is 2. The van der Waals surface area contributed by atoms with Crippen LogP contribution in [0.5, 0.6) is 5.75 Å². The van der Waals surface area contributed by atoms with E-state index in [1.54, 1.807) is 12.1 Å². The van der Waals surface area contributed by atoms with Gasteiger partial charge in [0.2, 0.25) is 0 Å². The molecular formula is C29H32FN3O2. The smallest absolute Gasteiger partial charge is 0.254 e. The van der Waals surface area contributed by atoms with Gasteiger partial charge in [-0.1, -0.05) is 48.4 Å². The Bertz CT molecular complexity index is 1250. The van der Waals surface area contributed by atoms with Crippen molar-refractivity contribution in [3.05, 3.63) is 95.6 Å². The van der Waals surface area contributed by atoms with Crippen LogP contribution in [-0.4, -0.2) is 28.6 Å². The van der Waals surface area contributed by atoms with Crippen LogP contribution in [-0.2, 0) is 13.0 Å². The number of ether oxygens (including phenoxy) is 1. The molecule has 6 heteroatoms. The van der Waals surface area contributed by atoms with E-state index in [1.807, 2.05) is 24.3 Å². The third-order valence-corrected chi connectivity index (χ3v) is 6.03. The normalized spacial score (nSPS) is 11.0. The number of aromatic nitrogens is 2. The summed E-state index contributed by atoms with van der Waals surface area (Å²) in [6.07, 6.45) is 4.53. The zero-order valence-corrected chi connectivity index (χ0v) is 20.2. The number of halogens is 1. The molecule has 0 aliphatic heterocycles. The number of aryl methyl sites for hydroxylation is 3. The highest BCUT2D eigenvalue weighted by Gasteiger charge is 2.11. The molecule has 0 saturated carbocycles. The molecule has 0 atom stereocenters. The quantitative estimate of drug-likeness (QED) is 0.253. The van der Waals surface area contributed by atoms with Gasteiger partial charge in [0.25, 0.3) is 5.91 Å². The van der Waals surface area contributed by atoms with Crippen molar-refractivity contribution in [2.24, 2.45) is 0 Å². The maximum Gasteiger partial charge on any atom is 0.254 e. The molecule has 1 aromatic heterocycles. The lowest BCUT2D eigenvalue weighted by molar-refractivity contribution is 0.0949. The van der Waals surface area contributed by atoms with Crippen molar-refractivity contribution in [1.82, 2.24) is 14.9 Å². The van der Waals surface area contributed by atoms with Gasteiger partial charge in [-0.3, -0.25) is 4.79 Å². The number of carbonyl (C=O) groups excluding carboxylic acids is 1. The molecule has 4 rings (SSSR count). The molecule has 0 saturated heterocycles. The van der Waals surface area contributed by atoms with Crippen molar-refractivity contribution in [2.75, 3.05) is 13.2 Å². The molecular weight excluding hydrogens is 441 g/mol. The number of nitrogens with one attached hydrogen (secondary N) is 1. The molecule has 0 unspecified atom stereocenters. The van der Waals surface area contributed by atoms with Gasteiger partial charge >= 0.3 is 0 Å². The first-order valence-electron chi connectivity index (χ1n) is 12.3. The van der Waals surface area contributed by atoms with Gasteiger partial charge in [-0.2, -0.15) is 0 Å². The molecule has 4 aromatic rings. The number of rotatable bonds is 12. The van der Waals surface area contributed by atoms with E-state index in [1.165, 1.54) is 17.7 Å². The first kappa shape index (κ1) is 24.5. The van der Waals surface area contributed by atoms with Gasteiger partial charge < -0.3 is 14.6 Å². The monoisotopic (exact) mass is 473 g/mol. The van der Waals surface area contributed by atoms with E-state index in [2.05, 4.69) is 41.1 Å². The number of imidazole rings is 1. The molecule has 1 amide bonds. The van der Waals surface area contributed by atoms with Crippen molar-refractivity contribution in [3.63, 3.8) is 0 Å². The SMILES string of the molecule is Cc1ccc(OCCCn2c(CCCCCNC(=O)c3ccccc3F)nc3ccccc32)cc1. The zero-order chi connectivity index (χ0) is 24.5. The summed E-state index contributed by atoms with van der Waals surface area (Å²) in [6, 6.07) is 22.4. The Hall–Kier alpha value is -3.67. The molecule has 0 aliphatic carbocycles. The van der Waals surface area contributed by atoms with Gasteiger partial charge in [0.15, 0.2) is 0 Å². The lowest BCUT2D eigenvalue weighted by atomic mass is 10.1. The minimum absolute atomic E-state index is 0.0903. The Morgan fingerprint density at radius 1 is 0.943 bits per heavy atom. The number of carbonyl (C=O) groups is 1. The number of hydrogen-bond acceptors (Lipinski definition) is 3. The van der Waals surface area contributed by atoms with Crippen molar-refractivity contribution < 1.29 is 13.9 Å². The highest BCUT2D eigenvalue weighted by atomic mass is 19.1. The largest absolute Gasteiger partial charge is 0.494 e. The predicted molar refractivity (Wildman–Crippen MR) is 137 cm³/mol. The number of para-hydroxylation sites is 2. The molecule has 0 aliphatic rings. The summed E-state index contributed by atoms with van der Waals surface area (Å²) in [5.41, 5.74) is 3.47. The Morgan fingerprint density at radius 2 is 1.71 bits per heavy atom. The first-order chi connectivity index (χ1) is 17.1. The molecule has 0 bridgehead atoms. The Morgan fingerprint density at radius 3 is 2.54 bits per heavy atom. The van der Waals surface area contributed by atoms with E-state index in [0.29, 0.717) is 13.2 Å². The second-order valence-corrected chi connectivity index (χ2v) is 8.73. The fraction of sp³-hybridized carbons (Fsp3) is 0.310. The van der Waals surface area contributed by atoms with Crippen molar-refractivity contribution in [1.29, 1.82) is 0 Å². The Labute approximate surface area is 206 Å². The highest BCUT2D eigenvalue weighted by Crippen LogP contribution is 2.19. The lowest BCUT2D eigenvalue weighted by Crippen LogP contribution is -2.25. The Kier molecular flexibility index (Phi) is 8.49. The van der Waals surface area contributed by atoms with E-state index in [0.717, 1.165) is 61.3 Å². The number of hydrogen-bond donors (Lipinski definition) is 1. The van der Waals surface area contributed by atoms with Crippen LogP contribution in [0.4, 0.5) is 4.39 Å². The van der Waals surface area contributed by atoms with Gasteiger partial charge in [0.1, 0.15) is 17.4 Å². The fourth-order valence-corrected chi connectivity index (χ4v) is 4.14. The summed E-state index contributed by atoms with van der Waals surface area (Å²) in [7, 11) is 0. The summed E-state index contributed by atoms with van der Waals surface area (Å²) in [4.78, 5) is 17.0. The number of nitrogens with zero attached hydrogens (tertiary/aromatic N) is 2. The maximum absolute atomic E-state index is 13.7. The van der Waals surface area contributed by atoms with Crippen LogP contribution in [0.15, 0.2) is 72.8 Å². The van der Waals surface area contributed by atoms with Crippen molar-refractivity contribution >= 4 is 16.9 Å². The van der Waals surface area contributed by atoms with Crippen LogP contribution >= 0.6 is 0 Å². The second-order valence-electron chi connectivity index (χ2n) is 8.73. The van der Waals surface area contributed by atoms with E-state index >= 15 is 0 Å². The van der Waals surface area contributed by atoms with E-state index in [9.17, 15) is 9.18 Å². The molecule has 5 nitrogen and oxygen atoms in total. The maximum atomic E-state index is 13.7. The average molecular weight is 474 g/mol. The van der Waals surface area contributed by atoms with E-state index in [4.69, 9.17) is 9.72 Å². The summed E-state index contributed by atoms with van der Waals surface area (Å²) in [5, 5.41) is 2.81. The summed E-state index contributed by atoms with van der Waals surface area (Å²) in [6.45, 7) is 4.09. The first-order valence-corrected chi connectivity index (χ1v) is 12.3. The standard InChI is InChI=1S/C29H32FN3O2/c1-22-15-17-23(18-16-22)35-21-9-20-33-27-13-7-6-12-26(27)32-28(33)14-3-2-8-19-31-29(34)24-10-4-5-11-25(24)30/h4-7,10-13,15-18H,2-3,8-9,14,19-21H2,1H3,(H,31,34). The van der Waals surface area contributed by atoms with E-state index in [-0.39, 0.29) is 11.5 Å². The van der Waals surface area contributed by atoms with Crippen LogP contribution < -0.4 is 10.1 Å². The third kappa shape index (κ3) is 6.69. The van der Waals surface area contributed by atoms with Crippen molar-refractivity contribution in [2.45, 2.75) is 45.6 Å². The van der Waals surface area contributed by atoms with Gasteiger partial charge in [0, 0.05) is 19.5 Å². The zero-order valence-electron chi connectivity index (χ0n) is 20.2. The molecule has 0 fully saturated rings. The van der Waals surface area contributed by atoms with Crippen LogP contribution in [0.2, 0.25) is 0 Å². The minimum Gasteiger partial charge on any atom is -0.494 e. The number of amides is 1. The van der Waals surface area contributed by atoms with Crippen LogP contribution in [0, 0.1) is 12.7 Å².